The summed E-state index contributed by atoms with van der Waals surface area (Å²) < 4.78 is 1.67. The van der Waals surface area contributed by atoms with Crippen LogP contribution in [0.4, 0.5) is 10.6 Å². The molecule has 0 saturated carbocycles. The van der Waals surface area contributed by atoms with E-state index >= 15 is 0 Å². The molecule has 112 valence electrons. The summed E-state index contributed by atoms with van der Waals surface area (Å²) in [5.41, 5.74) is 1.25. The van der Waals surface area contributed by atoms with Crippen LogP contribution in [-0.4, -0.2) is 39.8 Å². The van der Waals surface area contributed by atoms with Crippen LogP contribution in [0.2, 0.25) is 0 Å². The Kier molecular flexibility index (Phi) is 3.38. The summed E-state index contributed by atoms with van der Waals surface area (Å²) in [5, 5.41) is 5.90. The SMILES string of the molecule is CN(C)C(=O)Nc1cc2c(cn1)c(=O)[nH]n2-c1ccccc1. The minimum Gasteiger partial charge on any atom is -0.331 e. The number of rotatable bonds is 2. The highest BCUT2D eigenvalue weighted by Crippen LogP contribution is 2.17. The van der Waals surface area contributed by atoms with Gasteiger partial charge in [0.2, 0.25) is 0 Å². The number of aromatic amines is 1. The fourth-order valence-corrected chi connectivity index (χ4v) is 2.10. The van der Waals surface area contributed by atoms with E-state index in [9.17, 15) is 9.59 Å². The fourth-order valence-electron chi connectivity index (χ4n) is 2.10. The molecule has 0 bridgehead atoms. The zero-order chi connectivity index (χ0) is 15.7. The van der Waals surface area contributed by atoms with Gasteiger partial charge >= 0.3 is 6.03 Å². The van der Waals surface area contributed by atoms with Gasteiger partial charge < -0.3 is 4.90 Å². The number of carbonyl (C=O) groups excluding carboxylic acids is 1. The molecule has 0 saturated heterocycles. The summed E-state index contributed by atoms with van der Waals surface area (Å²) >= 11 is 0. The fraction of sp³-hybridized carbons (Fsp3) is 0.133. The molecule has 2 aromatic heterocycles. The third-order valence-electron chi connectivity index (χ3n) is 3.24. The molecule has 1 aromatic carbocycles. The van der Waals surface area contributed by atoms with E-state index in [0.29, 0.717) is 16.7 Å². The van der Waals surface area contributed by atoms with E-state index in [0.717, 1.165) is 5.69 Å². The molecule has 22 heavy (non-hydrogen) atoms. The maximum absolute atomic E-state index is 12.0. The Morgan fingerprint density at radius 1 is 1.27 bits per heavy atom. The first-order chi connectivity index (χ1) is 10.6. The van der Waals surface area contributed by atoms with Crippen LogP contribution in [0.1, 0.15) is 0 Å². The molecule has 2 heterocycles. The van der Waals surface area contributed by atoms with E-state index in [4.69, 9.17) is 0 Å². The van der Waals surface area contributed by atoms with Crippen LogP contribution < -0.4 is 10.9 Å². The molecule has 0 unspecified atom stereocenters. The number of anilines is 1. The van der Waals surface area contributed by atoms with Crippen LogP contribution in [-0.2, 0) is 0 Å². The predicted octanol–water partition coefficient (Wildman–Crippen LogP) is 1.81. The number of urea groups is 1. The van der Waals surface area contributed by atoms with Crippen molar-refractivity contribution in [3.05, 3.63) is 52.9 Å². The van der Waals surface area contributed by atoms with Crippen molar-refractivity contribution in [1.29, 1.82) is 0 Å². The number of aromatic nitrogens is 3. The lowest BCUT2D eigenvalue weighted by Gasteiger charge is -2.11. The standard InChI is InChI=1S/C15H15N5O2/c1-19(2)15(22)17-13-8-12-11(9-16-13)14(21)18-20(12)10-6-4-3-5-7-10/h3-9H,1-2H3,(H,18,21)(H,16,17,22). The second-order valence-corrected chi connectivity index (χ2v) is 5.02. The van der Waals surface area contributed by atoms with Crippen molar-refractivity contribution >= 4 is 22.8 Å². The molecule has 0 aliphatic rings. The number of hydrogen-bond acceptors (Lipinski definition) is 3. The first kappa shape index (κ1) is 13.9. The van der Waals surface area contributed by atoms with E-state index in [1.807, 2.05) is 30.3 Å². The van der Waals surface area contributed by atoms with Crippen molar-refractivity contribution in [2.75, 3.05) is 19.4 Å². The van der Waals surface area contributed by atoms with Crippen molar-refractivity contribution in [2.24, 2.45) is 0 Å². The summed E-state index contributed by atoms with van der Waals surface area (Å²) in [5.74, 6) is 0.384. The second kappa shape index (κ2) is 5.36. The largest absolute Gasteiger partial charge is 0.331 e. The van der Waals surface area contributed by atoms with Gasteiger partial charge in [-0.2, -0.15) is 0 Å². The number of nitrogens with one attached hydrogen (secondary N) is 2. The summed E-state index contributed by atoms with van der Waals surface area (Å²) in [4.78, 5) is 29.2. The van der Waals surface area contributed by atoms with Gasteiger partial charge in [-0.25, -0.2) is 9.78 Å². The Morgan fingerprint density at radius 2 is 2.00 bits per heavy atom. The number of H-pyrrole nitrogens is 1. The molecular weight excluding hydrogens is 282 g/mol. The lowest BCUT2D eigenvalue weighted by Crippen LogP contribution is -2.27. The number of para-hydroxylation sites is 1. The van der Waals surface area contributed by atoms with E-state index in [-0.39, 0.29) is 11.6 Å². The molecule has 0 atom stereocenters. The highest BCUT2D eigenvalue weighted by atomic mass is 16.2. The smallest absolute Gasteiger partial charge is 0.322 e. The van der Waals surface area contributed by atoms with Gasteiger partial charge in [0.1, 0.15) is 5.82 Å². The molecule has 2 N–H and O–H groups in total. The van der Waals surface area contributed by atoms with Gasteiger partial charge in [-0.05, 0) is 12.1 Å². The van der Waals surface area contributed by atoms with Crippen LogP contribution >= 0.6 is 0 Å². The topological polar surface area (TPSA) is 83.0 Å². The highest BCUT2D eigenvalue weighted by Gasteiger charge is 2.11. The van der Waals surface area contributed by atoms with Crippen molar-refractivity contribution in [3.8, 4) is 5.69 Å². The van der Waals surface area contributed by atoms with Gasteiger partial charge in [-0.1, -0.05) is 18.2 Å². The van der Waals surface area contributed by atoms with E-state index < -0.39 is 0 Å². The Labute approximate surface area is 126 Å². The molecule has 0 aliphatic carbocycles. The molecule has 3 aromatic rings. The average Bonchev–Trinajstić information content (AvgIpc) is 2.85. The number of fused-ring (bicyclic) bond motifs is 1. The first-order valence-corrected chi connectivity index (χ1v) is 6.71. The van der Waals surface area contributed by atoms with Crippen LogP contribution in [0, 0.1) is 0 Å². The van der Waals surface area contributed by atoms with Crippen LogP contribution in [0.3, 0.4) is 0 Å². The normalized spacial score (nSPS) is 10.6. The average molecular weight is 297 g/mol. The van der Waals surface area contributed by atoms with Gasteiger partial charge in [0.15, 0.2) is 0 Å². The van der Waals surface area contributed by atoms with Crippen LogP contribution in [0.25, 0.3) is 16.6 Å². The number of benzene rings is 1. The highest BCUT2D eigenvalue weighted by molar-refractivity contribution is 5.90. The van der Waals surface area contributed by atoms with Crippen molar-refractivity contribution in [2.45, 2.75) is 0 Å². The number of pyridine rings is 1. The van der Waals surface area contributed by atoms with Gasteiger partial charge in [0.25, 0.3) is 5.56 Å². The Bertz CT molecular complexity index is 880. The zero-order valence-electron chi connectivity index (χ0n) is 12.2. The van der Waals surface area contributed by atoms with Crippen molar-refractivity contribution in [1.82, 2.24) is 19.7 Å². The maximum atomic E-state index is 12.0. The predicted molar refractivity (Wildman–Crippen MR) is 84.4 cm³/mol. The van der Waals surface area contributed by atoms with Crippen molar-refractivity contribution in [3.63, 3.8) is 0 Å². The van der Waals surface area contributed by atoms with E-state index in [1.54, 1.807) is 24.8 Å². The van der Waals surface area contributed by atoms with Gasteiger partial charge in [0, 0.05) is 26.4 Å². The molecule has 2 amide bonds. The zero-order valence-corrected chi connectivity index (χ0v) is 12.2. The number of hydrogen-bond donors (Lipinski definition) is 2. The van der Waals surface area contributed by atoms with Crippen molar-refractivity contribution < 1.29 is 4.79 Å². The van der Waals surface area contributed by atoms with Gasteiger partial charge in [0.05, 0.1) is 16.6 Å². The molecule has 7 nitrogen and oxygen atoms in total. The van der Waals surface area contributed by atoms with Gasteiger partial charge in [-0.15, -0.1) is 0 Å². The third-order valence-corrected chi connectivity index (χ3v) is 3.24. The first-order valence-electron chi connectivity index (χ1n) is 6.71. The third kappa shape index (κ3) is 2.44. The molecular formula is C15H15N5O2. The molecule has 0 aliphatic heterocycles. The van der Waals surface area contributed by atoms with Gasteiger partial charge in [-0.3, -0.25) is 19.9 Å². The summed E-state index contributed by atoms with van der Waals surface area (Å²) in [6.45, 7) is 0. The summed E-state index contributed by atoms with van der Waals surface area (Å²) in [6.07, 6.45) is 1.46. The minimum absolute atomic E-state index is 0.225. The molecule has 7 heteroatoms. The quantitative estimate of drug-likeness (QED) is 0.756. The lowest BCUT2D eigenvalue weighted by atomic mass is 10.3. The van der Waals surface area contributed by atoms with Crippen LogP contribution in [0.5, 0.6) is 0 Å². The number of amides is 2. The monoisotopic (exact) mass is 297 g/mol. The van der Waals surface area contributed by atoms with E-state index in [1.165, 1.54) is 11.1 Å². The number of nitrogens with zero attached hydrogens (tertiary/aromatic N) is 3. The number of carbonyl (C=O) groups is 1. The lowest BCUT2D eigenvalue weighted by molar-refractivity contribution is 0.230. The molecule has 0 radical (unpaired) electrons. The second-order valence-electron chi connectivity index (χ2n) is 5.02. The van der Waals surface area contributed by atoms with Crippen LogP contribution in [0.15, 0.2) is 47.4 Å². The Hall–Kier alpha value is -3.09. The maximum Gasteiger partial charge on any atom is 0.322 e. The van der Waals surface area contributed by atoms with E-state index in [2.05, 4.69) is 15.4 Å². The molecule has 3 rings (SSSR count). The Balaban J connectivity index is 2.11. The summed E-state index contributed by atoms with van der Waals surface area (Å²) in [6, 6.07) is 10.8. The molecule has 0 fully saturated rings. The Morgan fingerprint density at radius 3 is 2.68 bits per heavy atom. The summed E-state index contributed by atoms with van der Waals surface area (Å²) in [7, 11) is 3.29. The molecule has 0 spiro atoms. The minimum atomic E-state index is -0.281.